The van der Waals surface area contributed by atoms with Gasteiger partial charge in [0.25, 0.3) is 0 Å². The number of nitrogens with one attached hydrogen (secondary N) is 1. The first-order valence-corrected chi connectivity index (χ1v) is 11.0. The van der Waals surface area contributed by atoms with Crippen molar-refractivity contribution in [3.05, 3.63) is 77.9 Å². The summed E-state index contributed by atoms with van der Waals surface area (Å²) >= 11 is 0. The first kappa shape index (κ1) is 23.4. The van der Waals surface area contributed by atoms with Gasteiger partial charge in [-0.05, 0) is 36.3 Å². The molecule has 2 aromatic carbocycles. The molecule has 32 heavy (non-hydrogen) atoms. The molecule has 0 atom stereocenters. The van der Waals surface area contributed by atoms with Crippen molar-refractivity contribution >= 4 is 29.7 Å². The monoisotopic (exact) mass is 433 g/mol. The van der Waals surface area contributed by atoms with Crippen LogP contribution < -0.4 is 5.32 Å². The van der Waals surface area contributed by atoms with E-state index in [4.69, 9.17) is 4.74 Å². The summed E-state index contributed by atoms with van der Waals surface area (Å²) in [5.74, 6) is -0.380. The summed E-state index contributed by atoms with van der Waals surface area (Å²) in [6, 6.07) is 17.7. The number of piperazine rings is 1. The summed E-state index contributed by atoms with van der Waals surface area (Å²) in [4.78, 5) is 28.4. The first-order valence-electron chi connectivity index (χ1n) is 11.0. The molecule has 0 spiro atoms. The van der Waals surface area contributed by atoms with Crippen molar-refractivity contribution in [3.8, 4) is 0 Å². The van der Waals surface area contributed by atoms with Gasteiger partial charge in [-0.25, -0.2) is 4.79 Å². The van der Waals surface area contributed by atoms with E-state index in [-0.39, 0.29) is 11.9 Å². The number of esters is 1. The van der Waals surface area contributed by atoms with Crippen LogP contribution in [0.2, 0.25) is 0 Å². The summed E-state index contributed by atoms with van der Waals surface area (Å²) in [5.41, 5.74) is 2.83. The van der Waals surface area contributed by atoms with Gasteiger partial charge in [-0.15, -0.1) is 0 Å². The molecule has 3 rings (SSSR count). The molecule has 1 heterocycles. The van der Waals surface area contributed by atoms with Gasteiger partial charge in [-0.1, -0.05) is 54.6 Å². The average Bonchev–Trinajstić information content (AvgIpc) is 2.81. The van der Waals surface area contributed by atoms with Crippen LogP contribution in [0.15, 0.2) is 66.7 Å². The van der Waals surface area contributed by atoms with Crippen LogP contribution in [-0.4, -0.2) is 67.6 Å². The lowest BCUT2D eigenvalue weighted by molar-refractivity contribution is -0.137. The fourth-order valence-electron chi connectivity index (χ4n) is 3.47. The number of anilines is 1. The van der Waals surface area contributed by atoms with Crippen LogP contribution in [0.3, 0.4) is 0 Å². The maximum absolute atomic E-state index is 12.4. The zero-order chi connectivity index (χ0) is 22.6. The zero-order valence-electron chi connectivity index (χ0n) is 18.6. The second-order valence-electron chi connectivity index (χ2n) is 7.65. The number of hydrogen-bond acceptors (Lipinski definition) is 5. The molecule has 1 aliphatic rings. The molecule has 168 valence electrons. The second-order valence-corrected chi connectivity index (χ2v) is 7.65. The standard InChI is InChI=1S/C26H31N3O3/c1-2-32-26(31)15-12-23-10-13-24(14-11-23)27-25(30)21-29-19-17-28(18-20-29)16-6-9-22-7-4-3-5-8-22/h3-15H,2,16-21H2,1H3,(H,27,30)/b9-6+,15-12+. The third-order valence-corrected chi connectivity index (χ3v) is 5.20. The van der Waals surface area contributed by atoms with E-state index in [1.165, 1.54) is 11.6 Å². The number of carbonyl (C=O) groups excluding carboxylic acids is 2. The molecule has 1 fully saturated rings. The van der Waals surface area contributed by atoms with Gasteiger partial charge in [-0.3, -0.25) is 14.6 Å². The predicted octanol–water partition coefficient (Wildman–Crippen LogP) is 3.53. The van der Waals surface area contributed by atoms with Gasteiger partial charge in [0.1, 0.15) is 0 Å². The molecule has 0 aromatic heterocycles. The van der Waals surface area contributed by atoms with Crippen LogP contribution in [0.4, 0.5) is 5.69 Å². The predicted molar refractivity (Wildman–Crippen MR) is 129 cm³/mol. The topological polar surface area (TPSA) is 61.9 Å². The molecule has 1 saturated heterocycles. The molecule has 6 nitrogen and oxygen atoms in total. The van der Waals surface area contributed by atoms with Gasteiger partial charge in [-0.2, -0.15) is 0 Å². The molecule has 1 amide bonds. The molecule has 0 bridgehead atoms. The normalized spacial score (nSPS) is 15.3. The molecule has 0 unspecified atom stereocenters. The molecule has 2 aromatic rings. The number of rotatable bonds is 9. The maximum atomic E-state index is 12.4. The van der Waals surface area contributed by atoms with E-state index in [0.29, 0.717) is 13.2 Å². The highest BCUT2D eigenvalue weighted by molar-refractivity contribution is 5.92. The van der Waals surface area contributed by atoms with E-state index >= 15 is 0 Å². The minimum absolute atomic E-state index is 0.0164. The average molecular weight is 434 g/mol. The Morgan fingerprint density at radius 1 is 0.906 bits per heavy atom. The van der Waals surface area contributed by atoms with Gasteiger partial charge < -0.3 is 10.1 Å². The van der Waals surface area contributed by atoms with Crippen LogP contribution in [-0.2, 0) is 14.3 Å². The number of ether oxygens (including phenoxy) is 1. The second kappa shape index (κ2) is 12.6. The summed E-state index contributed by atoms with van der Waals surface area (Å²) in [7, 11) is 0. The van der Waals surface area contributed by atoms with E-state index in [9.17, 15) is 9.59 Å². The molecule has 0 aliphatic carbocycles. The summed E-state index contributed by atoms with van der Waals surface area (Å²) in [6.07, 6.45) is 7.44. The molecule has 6 heteroatoms. The van der Waals surface area contributed by atoms with Gasteiger partial charge in [0.2, 0.25) is 5.91 Å². The van der Waals surface area contributed by atoms with Crippen LogP contribution >= 0.6 is 0 Å². The molecule has 0 radical (unpaired) electrons. The van der Waals surface area contributed by atoms with Crippen molar-refractivity contribution in [2.24, 2.45) is 0 Å². The fraction of sp³-hybridized carbons (Fsp3) is 0.308. The van der Waals surface area contributed by atoms with E-state index < -0.39 is 0 Å². The van der Waals surface area contributed by atoms with Gasteiger partial charge in [0.05, 0.1) is 13.2 Å². The van der Waals surface area contributed by atoms with Crippen LogP contribution in [0, 0.1) is 0 Å². The largest absolute Gasteiger partial charge is 0.463 e. The van der Waals surface area contributed by atoms with Crippen molar-refractivity contribution in [2.75, 3.05) is 51.2 Å². The minimum atomic E-state index is -0.364. The number of nitrogens with zero attached hydrogens (tertiary/aromatic N) is 2. The van der Waals surface area contributed by atoms with Crippen LogP contribution in [0.5, 0.6) is 0 Å². The molecule has 0 saturated carbocycles. The van der Waals surface area contributed by atoms with E-state index in [1.807, 2.05) is 42.5 Å². The minimum Gasteiger partial charge on any atom is -0.463 e. The van der Waals surface area contributed by atoms with Crippen molar-refractivity contribution in [2.45, 2.75) is 6.92 Å². The lowest BCUT2D eigenvalue weighted by Gasteiger charge is -2.33. The number of amides is 1. The highest BCUT2D eigenvalue weighted by Gasteiger charge is 2.18. The fourth-order valence-corrected chi connectivity index (χ4v) is 3.47. The Morgan fingerprint density at radius 3 is 2.25 bits per heavy atom. The Bertz CT molecular complexity index is 915. The number of benzene rings is 2. The van der Waals surface area contributed by atoms with Crippen LogP contribution in [0.1, 0.15) is 18.1 Å². The number of hydrogen-bond donors (Lipinski definition) is 1. The van der Waals surface area contributed by atoms with Crippen molar-refractivity contribution in [1.29, 1.82) is 0 Å². The zero-order valence-corrected chi connectivity index (χ0v) is 18.6. The third kappa shape index (κ3) is 8.13. The smallest absolute Gasteiger partial charge is 0.330 e. The quantitative estimate of drug-likeness (QED) is 0.484. The SMILES string of the molecule is CCOC(=O)/C=C/c1ccc(NC(=O)CN2CCN(C/C=C/c3ccccc3)CC2)cc1. The Morgan fingerprint density at radius 2 is 1.56 bits per heavy atom. The van der Waals surface area contributed by atoms with Crippen LogP contribution in [0.25, 0.3) is 12.2 Å². The van der Waals surface area contributed by atoms with E-state index in [2.05, 4.69) is 39.4 Å². The van der Waals surface area contributed by atoms with Crippen molar-refractivity contribution in [1.82, 2.24) is 9.80 Å². The van der Waals surface area contributed by atoms with Gasteiger partial charge in [0.15, 0.2) is 0 Å². The Kier molecular flexibility index (Phi) is 9.22. The van der Waals surface area contributed by atoms with E-state index in [1.54, 1.807) is 13.0 Å². The Labute approximate surface area is 190 Å². The van der Waals surface area contributed by atoms with Crippen molar-refractivity contribution < 1.29 is 14.3 Å². The Balaban J connectivity index is 1.37. The highest BCUT2D eigenvalue weighted by Crippen LogP contribution is 2.11. The molecular formula is C26H31N3O3. The highest BCUT2D eigenvalue weighted by atomic mass is 16.5. The van der Waals surface area contributed by atoms with Gasteiger partial charge in [0, 0.05) is 44.5 Å². The first-order chi connectivity index (χ1) is 15.6. The number of carbonyl (C=O) groups is 2. The summed E-state index contributed by atoms with van der Waals surface area (Å²) in [5, 5.41) is 2.94. The van der Waals surface area contributed by atoms with Gasteiger partial charge >= 0.3 is 5.97 Å². The van der Waals surface area contributed by atoms with E-state index in [0.717, 1.165) is 44.0 Å². The van der Waals surface area contributed by atoms with Crippen molar-refractivity contribution in [3.63, 3.8) is 0 Å². The molecular weight excluding hydrogens is 402 g/mol. The Hall–Kier alpha value is -3.22. The third-order valence-electron chi connectivity index (χ3n) is 5.20. The molecule has 1 N–H and O–H groups in total. The lowest BCUT2D eigenvalue weighted by Crippen LogP contribution is -2.48. The lowest BCUT2D eigenvalue weighted by atomic mass is 10.2. The summed E-state index contributed by atoms with van der Waals surface area (Å²) < 4.78 is 4.86. The molecule has 1 aliphatic heterocycles. The summed E-state index contributed by atoms with van der Waals surface area (Å²) in [6.45, 7) is 7.10. The maximum Gasteiger partial charge on any atom is 0.330 e.